The van der Waals surface area contributed by atoms with E-state index < -0.39 is 21.4 Å². The molecule has 4 rings (SSSR count). The normalized spacial score (nSPS) is 18.4. The first-order chi connectivity index (χ1) is 14.7. The van der Waals surface area contributed by atoms with E-state index in [1.54, 1.807) is 19.1 Å². The Morgan fingerprint density at radius 1 is 1.19 bits per heavy atom. The standard InChI is InChI=1S/C24H25FN2O3S/c1-4-31(29,30)14-16-5-7-19-20(11-16)21-13-27(3)10-9-18(21)15(2)26-24(19)17-6-8-22(25)23(28)12-17/h5-9,11-13,15,28H,4,10,14H2,1-3H3/t15-/m0/s1. The Kier molecular flexibility index (Phi) is 5.47. The lowest BCUT2D eigenvalue weighted by Crippen LogP contribution is -2.19. The number of fused-ring (bicyclic) bond motifs is 3. The van der Waals surface area contributed by atoms with E-state index in [1.165, 1.54) is 12.1 Å². The summed E-state index contributed by atoms with van der Waals surface area (Å²) in [5.74, 6) is -1.07. The van der Waals surface area contributed by atoms with Crippen LogP contribution >= 0.6 is 0 Å². The average Bonchev–Trinajstić information content (AvgIpc) is 2.84. The molecule has 0 aromatic heterocycles. The molecule has 0 bridgehead atoms. The van der Waals surface area contributed by atoms with Crippen molar-refractivity contribution in [3.05, 3.63) is 82.3 Å². The maximum Gasteiger partial charge on any atom is 0.164 e. The summed E-state index contributed by atoms with van der Waals surface area (Å²) in [6.45, 7) is 4.40. The minimum absolute atomic E-state index is 0.0295. The van der Waals surface area contributed by atoms with Crippen LogP contribution in [0.3, 0.4) is 0 Å². The molecule has 0 amide bonds. The summed E-state index contributed by atoms with van der Waals surface area (Å²) in [4.78, 5) is 6.99. The van der Waals surface area contributed by atoms with E-state index in [-0.39, 0.29) is 17.5 Å². The van der Waals surface area contributed by atoms with Gasteiger partial charge in [0.15, 0.2) is 21.4 Å². The molecule has 1 atom stereocenters. The third-order valence-corrected chi connectivity index (χ3v) is 7.36. The van der Waals surface area contributed by atoms with Crippen LogP contribution < -0.4 is 0 Å². The number of aromatic hydroxyl groups is 1. The number of benzene rings is 2. The van der Waals surface area contributed by atoms with Gasteiger partial charge in [-0.2, -0.15) is 0 Å². The van der Waals surface area contributed by atoms with E-state index in [4.69, 9.17) is 4.99 Å². The van der Waals surface area contributed by atoms with E-state index in [9.17, 15) is 17.9 Å². The molecular formula is C24H25FN2O3S. The van der Waals surface area contributed by atoms with E-state index in [0.717, 1.165) is 28.8 Å². The zero-order valence-corrected chi connectivity index (χ0v) is 18.6. The van der Waals surface area contributed by atoms with Gasteiger partial charge < -0.3 is 10.0 Å². The lowest BCUT2D eigenvalue weighted by molar-refractivity contribution is 0.432. The monoisotopic (exact) mass is 440 g/mol. The van der Waals surface area contributed by atoms with Gasteiger partial charge in [-0.25, -0.2) is 12.8 Å². The second-order valence-corrected chi connectivity index (χ2v) is 10.4. The molecule has 2 heterocycles. The van der Waals surface area contributed by atoms with Gasteiger partial charge in [0.25, 0.3) is 0 Å². The molecule has 5 nitrogen and oxygen atoms in total. The largest absolute Gasteiger partial charge is 0.505 e. The van der Waals surface area contributed by atoms with Gasteiger partial charge in [0, 0.05) is 42.2 Å². The molecule has 0 radical (unpaired) electrons. The van der Waals surface area contributed by atoms with Crippen LogP contribution in [0.15, 0.2) is 59.2 Å². The number of phenolic OH excluding ortho intramolecular Hbond substituents is 1. The molecule has 2 aromatic rings. The molecule has 2 aromatic carbocycles. The van der Waals surface area contributed by atoms with Crippen LogP contribution in [0.1, 0.15) is 36.1 Å². The van der Waals surface area contributed by atoms with Crippen LogP contribution in [-0.4, -0.2) is 49.5 Å². The van der Waals surface area contributed by atoms with Gasteiger partial charge >= 0.3 is 0 Å². The van der Waals surface area contributed by atoms with Crippen LogP contribution in [0.5, 0.6) is 5.75 Å². The van der Waals surface area contributed by atoms with Crippen molar-refractivity contribution in [2.24, 2.45) is 4.99 Å². The fourth-order valence-electron chi connectivity index (χ4n) is 4.01. The number of halogens is 1. The minimum atomic E-state index is -3.18. The van der Waals surface area contributed by atoms with Gasteiger partial charge in [-0.05, 0) is 47.9 Å². The Balaban J connectivity index is 1.94. The molecule has 162 valence electrons. The van der Waals surface area contributed by atoms with E-state index in [1.807, 2.05) is 26.1 Å². The Labute approximate surface area is 182 Å². The Morgan fingerprint density at radius 3 is 2.68 bits per heavy atom. The molecule has 0 aliphatic carbocycles. The molecule has 2 aliphatic heterocycles. The summed E-state index contributed by atoms with van der Waals surface area (Å²) in [7, 11) is -1.20. The number of nitrogens with zero attached hydrogens (tertiary/aromatic N) is 2. The number of likely N-dealkylation sites (N-methyl/N-ethyl adjacent to an activating group) is 1. The third-order valence-electron chi connectivity index (χ3n) is 5.71. The summed E-state index contributed by atoms with van der Waals surface area (Å²) < 4.78 is 38.1. The summed E-state index contributed by atoms with van der Waals surface area (Å²) >= 11 is 0. The second-order valence-electron chi connectivity index (χ2n) is 8.02. The predicted molar refractivity (Wildman–Crippen MR) is 121 cm³/mol. The van der Waals surface area contributed by atoms with Crippen molar-refractivity contribution >= 4 is 21.1 Å². The van der Waals surface area contributed by atoms with Crippen LogP contribution in [0.4, 0.5) is 4.39 Å². The lowest BCUT2D eigenvalue weighted by atomic mass is 9.88. The first kappa shape index (κ1) is 21.3. The van der Waals surface area contributed by atoms with Gasteiger partial charge in [-0.1, -0.05) is 25.1 Å². The van der Waals surface area contributed by atoms with E-state index in [0.29, 0.717) is 16.8 Å². The first-order valence-electron chi connectivity index (χ1n) is 10.2. The summed E-state index contributed by atoms with van der Waals surface area (Å²) in [5.41, 5.74) is 5.72. The van der Waals surface area contributed by atoms with Gasteiger partial charge in [0.05, 0.1) is 17.5 Å². The van der Waals surface area contributed by atoms with Gasteiger partial charge in [-0.3, -0.25) is 4.99 Å². The van der Waals surface area contributed by atoms with Gasteiger partial charge in [-0.15, -0.1) is 0 Å². The summed E-state index contributed by atoms with van der Waals surface area (Å²) in [6, 6.07) is 9.64. The Morgan fingerprint density at radius 2 is 1.97 bits per heavy atom. The molecule has 1 N–H and O–H groups in total. The number of hydrogen-bond acceptors (Lipinski definition) is 5. The van der Waals surface area contributed by atoms with Crippen LogP contribution in [0.2, 0.25) is 0 Å². The quantitative estimate of drug-likeness (QED) is 0.783. The highest BCUT2D eigenvalue weighted by Gasteiger charge is 2.27. The maximum absolute atomic E-state index is 13.7. The van der Waals surface area contributed by atoms with Crippen LogP contribution in [0.25, 0.3) is 5.57 Å². The minimum Gasteiger partial charge on any atom is -0.505 e. The smallest absolute Gasteiger partial charge is 0.164 e. The molecule has 0 saturated heterocycles. The van der Waals surface area contributed by atoms with Crippen molar-refractivity contribution < 1.29 is 17.9 Å². The second kappa shape index (κ2) is 7.96. The highest BCUT2D eigenvalue weighted by Crippen LogP contribution is 2.37. The summed E-state index contributed by atoms with van der Waals surface area (Å²) in [6.07, 6.45) is 4.19. The zero-order valence-electron chi connectivity index (χ0n) is 17.8. The number of rotatable bonds is 4. The fourth-order valence-corrected chi connectivity index (χ4v) is 4.90. The SMILES string of the molecule is CCS(=O)(=O)Cc1ccc2c(c1)C1=CN(C)CC=C1[C@H](C)N=C2c1ccc(F)c(O)c1. The lowest BCUT2D eigenvalue weighted by Gasteiger charge is -2.25. The van der Waals surface area contributed by atoms with Crippen LogP contribution in [-0.2, 0) is 15.6 Å². The van der Waals surface area contributed by atoms with Crippen molar-refractivity contribution in [1.82, 2.24) is 4.90 Å². The third kappa shape index (κ3) is 4.14. The van der Waals surface area contributed by atoms with E-state index >= 15 is 0 Å². The molecule has 0 unspecified atom stereocenters. The zero-order chi connectivity index (χ0) is 22.3. The molecule has 0 saturated carbocycles. The molecular weight excluding hydrogens is 415 g/mol. The molecule has 0 fully saturated rings. The molecule has 2 aliphatic rings. The van der Waals surface area contributed by atoms with Gasteiger partial charge in [0.2, 0.25) is 0 Å². The number of phenols is 1. The highest BCUT2D eigenvalue weighted by molar-refractivity contribution is 7.90. The van der Waals surface area contributed by atoms with Crippen molar-refractivity contribution in [3.8, 4) is 5.75 Å². The van der Waals surface area contributed by atoms with E-state index in [2.05, 4.69) is 17.2 Å². The highest BCUT2D eigenvalue weighted by atomic mass is 32.2. The Hall–Kier alpha value is -2.93. The summed E-state index contributed by atoms with van der Waals surface area (Å²) in [5, 5.41) is 9.93. The van der Waals surface area contributed by atoms with Gasteiger partial charge in [0.1, 0.15) is 0 Å². The van der Waals surface area contributed by atoms with Crippen molar-refractivity contribution in [1.29, 1.82) is 0 Å². The molecule has 31 heavy (non-hydrogen) atoms. The topological polar surface area (TPSA) is 70.0 Å². The van der Waals surface area contributed by atoms with Crippen molar-refractivity contribution in [2.75, 3.05) is 19.3 Å². The fraction of sp³-hybridized carbons (Fsp3) is 0.292. The van der Waals surface area contributed by atoms with Crippen LogP contribution in [0, 0.1) is 5.82 Å². The molecule has 7 heteroatoms. The maximum atomic E-state index is 13.7. The predicted octanol–water partition coefficient (Wildman–Crippen LogP) is 3.92. The number of aliphatic imine (C=N–C) groups is 1. The number of hydrogen-bond donors (Lipinski definition) is 1. The van der Waals surface area contributed by atoms with Crippen molar-refractivity contribution in [3.63, 3.8) is 0 Å². The average molecular weight is 441 g/mol. The Bertz CT molecular complexity index is 1250. The molecule has 0 spiro atoms. The first-order valence-corrected chi connectivity index (χ1v) is 12.0. The number of sulfone groups is 1. The van der Waals surface area contributed by atoms with Crippen molar-refractivity contribution in [2.45, 2.75) is 25.6 Å².